The van der Waals surface area contributed by atoms with Crippen molar-refractivity contribution < 1.29 is 9.53 Å². The minimum Gasteiger partial charge on any atom is -0.465 e. The van der Waals surface area contributed by atoms with Crippen LogP contribution in [0.25, 0.3) is 0 Å². The molecule has 0 aliphatic carbocycles. The molecule has 0 aliphatic rings. The summed E-state index contributed by atoms with van der Waals surface area (Å²) in [6, 6.07) is 0. The van der Waals surface area contributed by atoms with E-state index in [2.05, 4.69) is 14.9 Å². The molecule has 0 aliphatic heterocycles. The van der Waals surface area contributed by atoms with Crippen molar-refractivity contribution in [3.63, 3.8) is 0 Å². The molecule has 1 N–H and O–H groups in total. The lowest BCUT2D eigenvalue weighted by atomic mass is 9.96. The van der Waals surface area contributed by atoms with Gasteiger partial charge >= 0.3 is 5.97 Å². The number of esters is 1. The van der Waals surface area contributed by atoms with E-state index in [4.69, 9.17) is 4.74 Å². The number of nitrogens with one attached hydrogen (secondary N) is 1. The van der Waals surface area contributed by atoms with Gasteiger partial charge in [0, 0.05) is 18.9 Å². The summed E-state index contributed by atoms with van der Waals surface area (Å²) in [5.41, 5.74) is -0.607. The van der Waals surface area contributed by atoms with Gasteiger partial charge in [-0.15, -0.1) is 0 Å². The molecule has 0 aromatic carbocycles. The molecular weight excluding hydrogens is 230 g/mol. The van der Waals surface area contributed by atoms with E-state index in [1.807, 2.05) is 27.0 Å². The van der Waals surface area contributed by atoms with Gasteiger partial charge in [-0.1, -0.05) is 0 Å². The van der Waals surface area contributed by atoms with Crippen molar-refractivity contribution in [1.82, 2.24) is 14.9 Å². The third kappa shape index (κ3) is 3.57. The lowest BCUT2D eigenvalue weighted by molar-refractivity contribution is -0.150. The second-order valence-electron chi connectivity index (χ2n) is 4.57. The molecule has 0 spiro atoms. The number of aryl methyl sites for hydroxylation is 2. The zero-order valence-electron chi connectivity index (χ0n) is 11.7. The predicted molar refractivity (Wildman–Crippen MR) is 70.3 cm³/mol. The van der Waals surface area contributed by atoms with Crippen molar-refractivity contribution in [3.05, 3.63) is 18.2 Å². The van der Waals surface area contributed by atoms with Gasteiger partial charge in [0.15, 0.2) is 0 Å². The third-order valence-corrected chi connectivity index (χ3v) is 3.28. The minimum absolute atomic E-state index is 0.185. The maximum atomic E-state index is 11.9. The number of aromatic nitrogens is 2. The lowest BCUT2D eigenvalue weighted by Gasteiger charge is -2.26. The maximum Gasteiger partial charge on any atom is 0.326 e. The highest BCUT2D eigenvalue weighted by atomic mass is 16.5. The molecule has 0 radical (unpaired) electrons. The molecule has 5 nitrogen and oxygen atoms in total. The van der Waals surface area contributed by atoms with Gasteiger partial charge in [0.05, 0.1) is 6.61 Å². The van der Waals surface area contributed by atoms with Gasteiger partial charge in [-0.2, -0.15) is 0 Å². The molecule has 5 heteroatoms. The van der Waals surface area contributed by atoms with E-state index >= 15 is 0 Å². The highest BCUT2D eigenvalue weighted by Gasteiger charge is 2.32. The Morgan fingerprint density at radius 1 is 1.61 bits per heavy atom. The van der Waals surface area contributed by atoms with Gasteiger partial charge in [-0.3, -0.25) is 4.79 Å². The van der Waals surface area contributed by atoms with Crippen LogP contribution in [0.1, 0.15) is 32.5 Å². The molecule has 18 heavy (non-hydrogen) atoms. The second kappa shape index (κ2) is 6.54. The molecule has 1 heterocycles. The van der Waals surface area contributed by atoms with Crippen LogP contribution in [0.2, 0.25) is 0 Å². The number of ether oxygens (including phenoxy) is 1. The van der Waals surface area contributed by atoms with Gasteiger partial charge in [0.1, 0.15) is 11.4 Å². The summed E-state index contributed by atoms with van der Waals surface area (Å²) in [6.07, 6.45) is 5.38. The van der Waals surface area contributed by atoms with E-state index in [9.17, 15) is 4.79 Å². The molecule has 0 fully saturated rings. The van der Waals surface area contributed by atoms with Gasteiger partial charge in [-0.25, -0.2) is 4.98 Å². The average Bonchev–Trinajstić information content (AvgIpc) is 2.75. The summed E-state index contributed by atoms with van der Waals surface area (Å²) >= 11 is 0. The van der Waals surface area contributed by atoms with Crippen molar-refractivity contribution in [2.75, 3.05) is 13.7 Å². The highest BCUT2D eigenvalue weighted by Crippen LogP contribution is 2.15. The van der Waals surface area contributed by atoms with Gasteiger partial charge in [-0.05, 0) is 40.7 Å². The Morgan fingerprint density at radius 3 is 2.83 bits per heavy atom. The van der Waals surface area contributed by atoms with Crippen LogP contribution in [0, 0.1) is 6.92 Å². The van der Waals surface area contributed by atoms with Crippen molar-refractivity contribution in [2.45, 2.75) is 45.7 Å². The van der Waals surface area contributed by atoms with Crippen molar-refractivity contribution in [2.24, 2.45) is 0 Å². The van der Waals surface area contributed by atoms with E-state index in [0.717, 1.165) is 25.2 Å². The number of hydrogen-bond acceptors (Lipinski definition) is 4. The smallest absolute Gasteiger partial charge is 0.326 e. The first-order chi connectivity index (χ1) is 8.53. The number of carbonyl (C=O) groups excluding carboxylic acids is 1. The molecule has 0 saturated heterocycles. The molecule has 1 atom stereocenters. The second-order valence-corrected chi connectivity index (χ2v) is 4.57. The highest BCUT2D eigenvalue weighted by molar-refractivity contribution is 5.80. The quantitative estimate of drug-likeness (QED) is 0.748. The molecule has 1 aromatic heterocycles. The fourth-order valence-electron chi connectivity index (χ4n) is 1.86. The number of imidazole rings is 1. The van der Waals surface area contributed by atoms with Crippen molar-refractivity contribution >= 4 is 5.97 Å². The molecule has 0 bridgehead atoms. The average molecular weight is 253 g/mol. The van der Waals surface area contributed by atoms with Crippen molar-refractivity contribution in [1.29, 1.82) is 0 Å². The van der Waals surface area contributed by atoms with Crippen LogP contribution in [0.5, 0.6) is 0 Å². The van der Waals surface area contributed by atoms with E-state index in [0.29, 0.717) is 6.61 Å². The van der Waals surface area contributed by atoms with Crippen LogP contribution in [-0.2, 0) is 16.1 Å². The lowest BCUT2D eigenvalue weighted by Crippen LogP contribution is -2.48. The summed E-state index contributed by atoms with van der Waals surface area (Å²) in [7, 11) is 1.79. The summed E-state index contributed by atoms with van der Waals surface area (Å²) < 4.78 is 7.17. The van der Waals surface area contributed by atoms with E-state index in [1.54, 1.807) is 13.2 Å². The maximum absolute atomic E-state index is 11.9. The molecule has 1 unspecified atom stereocenters. The van der Waals surface area contributed by atoms with E-state index in [1.165, 1.54) is 0 Å². The van der Waals surface area contributed by atoms with Crippen LogP contribution in [-0.4, -0.2) is 34.7 Å². The van der Waals surface area contributed by atoms with E-state index < -0.39 is 5.54 Å². The van der Waals surface area contributed by atoms with Crippen LogP contribution < -0.4 is 5.32 Å². The number of nitrogens with zero attached hydrogens (tertiary/aromatic N) is 2. The first-order valence-electron chi connectivity index (χ1n) is 6.37. The molecule has 0 amide bonds. The Labute approximate surface area is 109 Å². The topological polar surface area (TPSA) is 56.2 Å². The Kier molecular flexibility index (Phi) is 5.34. The molecule has 102 valence electrons. The number of likely N-dealkylation sites (N-methyl/N-ethyl adjacent to an activating group) is 1. The minimum atomic E-state index is -0.607. The zero-order chi connectivity index (χ0) is 13.6. The molecule has 1 rings (SSSR count). The third-order valence-electron chi connectivity index (χ3n) is 3.28. The van der Waals surface area contributed by atoms with Crippen LogP contribution in [0.15, 0.2) is 12.4 Å². The molecule has 1 aromatic rings. The zero-order valence-corrected chi connectivity index (χ0v) is 11.7. The van der Waals surface area contributed by atoms with Gasteiger partial charge < -0.3 is 14.6 Å². The monoisotopic (exact) mass is 253 g/mol. The van der Waals surface area contributed by atoms with E-state index in [-0.39, 0.29) is 5.97 Å². The number of hydrogen-bond donors (Lipinski definition) is 1. The Hall–Kier alpha value is -1.36. The van der Waals surface area contributed by atoms with Gasteiger partial charge in [0.25, 0.3) is 0 Å². The normalized spacial score (nSPS) is 14.2. The molecule has 0 saturated carbocycles. The first kappa shape index (κ1) is 14.7. The fourth-order valence-corrected chi connectivity index (χ4v) is 1.86. The van der Waals surface area contributed by atoms with Crippen molar-refractivity contribution in [3.8, 4) is 0 Å². The Morgan fingerprint density at radius 2 is 2.33 bits per heavy atom. The summed E-state index contributed by atoms with van der Waals surface area (Å²) in [4.78, 5) is 16.0. The number of carbonyl (C=O) groups is 1. The van der Waals surface area contributed by atoms with Crippen LogP contribution in [0.3, 0.4) is 0 Å². The fraction of sp³-hybridized carbons (Fsp3) is 0.692. The Bertz CT molecular complexity index is 389. The summed E-state index contributed by atoms with van der Waals surface area (Å²) in [6.45, 7) is 6.95. The number of rotatable bonds is 7. The largest absolute Gasteiger partial charge is 0.465 e. The predicted octanol–water partition coefficient (Wildman–Crippen LogP) is 1.51. The summed E-state index contributed by atoms with van der Waals surface area (Å²) in [5.74, 6) is 0.812. The van der Waals surface area contributed by atoms with Crippen LogP contribution in [0.4, 0.5) is 0 Å². The Balaban J connectivity index is 2.49. The SMILES string of the molecule is CCOC(=O)C(C)(CCCn1ccnc1C)NC. The van der Waals surface area contributed by atoms with Gasteiger partial charge in [0.2, 0.25) is 0 Å². The standard InChI is InChI=1S/C13H23N3O2/c1-5-18-12(17)13(3,14-4)7-6-9-16-10-8-15-11(16)2/h8,10,14H,5-7,9H2,1-4H3. The first-order valence-corrected chi connectivity index (χ1v) is 6.37. The summed E-state index contributed by atoms with van der Waals surface area (Å²) in [5, 5.41) is 3.06. The molecular formula is C13H23N3O2. The van der Waals surface area contributed by atoms with Crippen LogP contribution >= 0.6 is 0 Å².